The van der Waals surface area contributed by atoms with E-state index in [2.05, 4.69) is 0 Å². The molecule has 0 aliphatic rings. The summed E-state index contributed by atoms with van der Waals surface area (Å²) < 4.78 is 48.6. The highest BCUT2D eigenvalue weighted by molar-refractivity contribution is 7.90. The lowest BCUT2D eigenvalue weighted by atomic mass is 10.1. The maximum absolute atomic E-state index is 13.3. The lowest BCUT2D eigenvalue weighted by Crippen LogP contribution is -2.16. The summed E-state index contributed by atoms with van der Waals surface area (Å²) in [5.74, 6) is -7.17. The normalized spacial score (nSPS) is 11.2. The zero-order chi connectivity index (χ0) is 13.4. The molecule has 5 nitrogen and oxygen atoms in total. The second-order valence-electron chi connectivity index (χ2n) is 3.15. The highest BCUT2D eigenvalue weighted by Crippen LogP contribution is 2.20. The summed E-state index contributed by atoms with van der Waals surface area (Å²) in [5.41, 5.74) is -1.03. The van der Waals surface area contributed by atoms with Crippen molar-refractivity contribution in [1.29, 1.82) is 0 Å². The molecule has 0 spiro atoms. The Kier molecular flexibility index (Phi) is 3.28. The molecule has 0 heterocycles. The summed E-state index contributed by atoms with van der Waals surface area (Å²) in [6, 6.07) is 1.26. The lowest BCUT2D eigenvalue weighted by molar-refractivity contribution is -0.131. The molecule has 1 aromatic carbocycles. The van der Waals surface area contributed by atoms with Gasteiger partial charge in [-0.15, -0.1) is 0 Å². The van der Waals surface area contributed by atoms with Crippen LogP contribution in [0.15, 0.2) is 17.0 Å². The number of halogens is 2. The molecule has 0 aliphatic heterocycles. The fraction of sp³-hybridized carbons (Fsp3) is 0.111. The van der Waals surface area contributed by atoms with Crippen molar-refractivity contribution in [2.24, 2.45) is 0 Å². The molecule has 1 rings (SSSR count). The van der Waals surface area contributed by atoms with E-state index in [1.165, 1.54) is 0 Å². The molecule has 8 heteroatoms. The number of carboxylic acid groups (broad SMARTS) is 1. The molecule has 92 valence electrons. The van der Waals surface area contributed by atoms with Gasteiger partial charge in [0.25, 0.3) is 5.78 Å². The Labute approximate surface area is 94.6 Å². The molecule has 1 aromatic rings. The second kappa shape index (κ2) is 4.21. The van der Waals surface area contributed by atoms with Crippen LogP contribution >= 0.6 is 0 Å². The summed E-state index contributed by atoms with van der Waals surface area (Å²) >= 11 is 0. The monoisotopic (exact) mass is 264 g/mol. The van der Waals surface area contributed by atoms with Crippen LogP contribution in [0.1, 0.15) is 10.4 Å². The van der Waals surface area contributed by atoms with Crippen LogP contribution in [0, 0.1) is 11.6 Å². The van der Waals surface area contributed by atoms with Crippen molar-refractivity contribution in [2.45, 2.75) is 4.90 Å². The number of carbonyl (C=O) groups excluding carboxylic acids is 1. The van der Waals surface area contributed by atoms with Crippen LogP contribution in [0.25, 0.3) is 0 Å². The minimum Gasteiger partial charge on any atom is -0.475 e. The van der Waals surface area contributed by atoms with Crippen molar-refractivity contribution >= 4 is 21.6 Å². The van der Waals surface area contributed by atoms with Gasteiger partial charge in [-0.25, -0.2) is 22.0 Å². The van der Waals surface area contributed by atoms with Gasteiger partial charge < -0.3 is 5.11 Å². The number of Topliss-reactive ketones (excluding diaryl/α,β-unsaturated/α-hetero) is 1. The molecule has 1 N–H and O–H groups in total. The molecule has 0 unspecified atom stereocenters. The molecule has 0 aliphatic carbocycles. The van der Waals surface area contributed by atoms with E-state index in [1.807, 2.05) is 0 Å². The van der Waals surface area contributed by atoms with Crippen LogP contribution in [0.2, 0.25) is 0 Å². The van der Waals surface area contributed by atoms with Crippen molar-refractivity contribution in [3.63, 3.8) is 0 Å². The second-order valence-corrected chi connectivity index (χ2v) is 5.13. The smallest absolute Gasteiger partial charge is 0.377 e. The van der Waals surface area contributed by atoms with Gasteiger partial charge >= 0.3 is 5.97 Å². The summed E-state index contributed by atoms with van der Waals surface area (Å²) in [7, 11) is -3.99. The molecular weight excluding hydrogens is 258 g/mol. The van der Waals surface area contributed by atoms with Gasteiger partial charge in [-0.2, -0.15) is 0 Å². The van der Waals surface area contributed by atoms with E-state index in [4.69, 9.17) is 5.11 Å². The van der Waals surface area contributed by atoms with E-state index >= 15 is 0 Å². The molecule has 0 atom stereocenters. The minimum atomic E-state index is -3.99. The Balaban J connectivity index is 3.50. The van der Waals surface area contributed by atoms with Gasteiger partial charge in [0, 0.05) is 6.26 Å². The number of hydrogen-bond donors (Lipinski definition) is 1. The standard InChI is InChI=1S/C9H6F2O5S/c1-17(15,16)5-3-2-4(6(10)7(5)11)8(12)9(13)14/h2-3H,1H3,(H,13,14). The van der Waals surface area contributed by atoms with E-state index < -0.39 is 43.7 Å². The van der Waals surface area contributed by atoms with Gasteiger partial charge in [0.05, 0.1) is 5.56 Å². The van der Waals surface area contributed by atoms with Gasteiger partial charge in [0.15, 0.2) is 21.5 Å². The maximum Gasteiger partial charge on any atom is 0.377 e. The number of sulfone groups is 1. The van der Waals surface area contributed by atoms with Gasteiger partial charge in [-0.05, 0) is 12.1 Å². The summed E-state index contributed by atoms with van der Waals surface area (Å²) in [4.78, 5) is 20.3. The van der Waals surface area contributed by atoms with Crippen molar-refractivity contribution < 1.29 is 31.9 Å². The molecule has 0 bridgehead atoms. The van der Waals surface area contributed by atoms with E-state index in [9.17, 15) is 26.8 Å². The largest absolute Gasteiger partial charge is 0.475 e. The molecule has 0 saturated carbocycles. The number of ketones is 1. The van der Waals surface area contributed by atoms with E-state index in [0.29, 0.717) is 18.4 Å². The quantitative estimate of drug-likeness (QED) is 0.639. The fourth-order valence-corrected chi connectivity index (χ4v) is 1.84. The highest BCUT2D eigenvalue weighted by Gasteiger charge is 2.26. The van der Waals surface area contributed by atoms with Crippen LogP contribution in [0.3, 0.4) is 0 Å². The van der Waals surface area contributed by atoms with E-state index in [-0.39, 0.29) is 0 Å². The molecule has 0 fully saturated rings. The van der Waals surface area contributed by atoms with Gasteiger partial charge in [0.2, 0.25) is 0 Å². The molecule has 0 aromatic heterocycles. The maximum atomic E-state index is 13.3. The summed E-state index contributed by atoms with van der Waals surface area (Å²) in [6.07, 6.45) is 0.656. The number of aliphatic carboxylic acids is 1. The SMILES string of the molecule is CS(=O)(=O)c1ccc(C(=O)C(=O)O)c(F)c1F. The number of rotatable bonds is 3. The van der Waals surface area contributed by atoms with Crippen LogP contribution in [0.4, 0.5) is 8.78 Å². The van der Waals surface area contributed by atoms with E-state index in [1.54, 1.807) is 0 Å². The number of hydrogen-bond acceptors (Lipinski definition) is 4. The van der Waals surface area contributed by atoms with Crippen LogP contribution in [-0.4, -0.2) is 31.5 Å². The third-order valence-electron chi connectivity index (χ3n) is 1.89. The van der Waals surface area contributed by atoms with Gasteiger partial charge in [0.1, 0.15) is 4.90 Å². The molecule has 0 amide bonds. The zero-order valence-corrected chi connectivity index (χ0v) is 9.22. The van der Waals surface area contributed by atoms with Crippen LogP contribution in [-0.2, 0) is 14.6 Å². The Morgan fingerprint density at radius 3 is 2.12 bits per heavy atom. The van der Waals surface area contributed by atoms with Crippen molar-refractivity contribution in [1.82, 2.24) is 0 Å². The first-order chi connectivity index (χ1) is 7.66. The average molecular weight is 264 g/mol. The molecule has 17 heavy (non-hydrogen) atoms. The Morgan fingerprint density at radius 1 is 1.18 bits per heavy atom. The molecule has 0 saturated heterocycles. The van der Waals surface area contributed by atoms with Crippen LogP contribution in [0.5, 0.6) is 0 Å². The number of carboxylic acids is 1. The van der Waals surface area contributed by atoms with Crippen molar-refractivity contribution in [3.05, 3.63) is 29.3 Å². The van der Waals surface area contributed by atoms with Gasteiger partial charge in [-0.1, -0.05) is 0 Å². The zero-order valence-electron chi connectivity index (χ0n) is 8.40. The van der Waals surface area contributed by atoms with Crippen LogP contribution < -0.4 is 0 Å². The third-order valence-corrected chi connectivity index (χ3v) is 3.00. The van der Waals surface area contributed by atoms with Crippen molar-refractivity contribution in [3.8, 4) is 0 Å². The van der Waals surface area contributed by atoms with Crippen molar-refractivity contribution in [2.75, 3.05) is 6.26 Å². The predicted molar refractivity (Wildman–Crippen MR) is 51.4 cm³/mol. The Hall–Kier alpha value is -1.83. The predicted octanol–water partition coefficient (Wildman–Crippen LogP) is 0.636. The number of carbonyl (C=O) groups is 2. The summed E-state index contributed by atoms with van der Waals surface area (Å²) in [6.45, 7) is 0. The van der Waals surface area contributed by atoms with E-state index in [0.717, 1.165) is 0 Å². The fourth-order valence-electron chi connectivity index (χ4n) is 1.11. The topological polar surface area (TPSA) is 88.5 Å². The lowest BCUT2D eigenvalue weighted by Gasteiger charge is -2.04. The molecular formula is C9H6F2O5S. The first-order valence-electron chi connectivity index (χ1n) is 4.12. The Bertz CT molecular complexity index is 606. The Morgan fingerprint density at radius 2 is 1.71 bits per heavy atom. The van der Waals surface area contributed by atoms with Gasteiger partial charge in [-0.3, -0.25) is 4.79 Å². The first-order valence-corrected chi connectivity index (χ1v) is 6.01. The molecule has 0 radical (unpaired) electrons. The minimum absolute atomic E-state index is 0.616. The average Bonchev–Trinajstić information content (AvgIpc) is 2.19. The number of benzene rings is 1. The first kappa shape index (κ1) is 13.2. The highest BCUT2D eigenvalue weighted by atomic mass is 32.2. The summed E-state index contributed by atoms with van der Waals surface area (Å²) in [5, 5.41) is 8.32. The third kappa shape index (κ3) is 2.47.